The average molecular weight is 1130 g/mol. The molecule has 6 rings (SSSR count). The normalized spacial score (nSPS) is 40.1. The zero-order valence-electron chi connectivity index (χ0n) is 48.6. The lowest BCUT2D eigenvalue weighted by molar-refractivity contribution is -0.318. The van der Waals surface area contributed by atoms with E-state index < -0.39 is 124 Å². The van der Waals surface area contributed by atoms with Crippen molar-refractivity contribution in [1.29, 1.82) is 0 Å². The molecule has 1 aromatic rings. The molecule has 0 saturated carbocycles. The van der Waals surface area contributed by atoms with Crippen molar-refractivity contribution in [3.05, 3.63) is 36.2 Å². The number of nitrogens with zero attached hydrogens (tertiary/aromatic N) is 5. The maximum atomic E-state index is 14.5. The Kier molecular flexibility index (Phi) is 21.2. The number of rotatable bonds is 16. The van der Waals surface area contributed by atoms with Gasteiger partial charge in [-0.3, -0.25) is 14.7 Å². The number of esters is 1. The smallest absolute Gasteiger partial charge is 0.414 e. The molecule has 0 spiro atoms. The highest BCUT2D eigenvalue weighted by Gasteiger charge is 2.53. The highest BCUT2D eigenvalue weighted by molar-refractivity contribution is 7.89. The largest absolute Gasteiger partial charge is 0.459 e. The van der Waals surface area contributed by atoms with Gasteiger partial charge in [-0.1, -0.05) is 20.8 Å². The van der Waals surface area contributed by atoms with E-state index in [2.05, 4.69) is 15.9 Å². The monoisotopic (exact) mass is 1130 g/mol. The van der Waals surface area contributed by atoms with Gasteiger partial charge in [-0.25, -0.2) is 17.5 Å². The summed E-state index contributed by atoms with van der Waals surface area (Å²) in [6, 6.07) is 5.09. The minimum absolute atomic E-state index is 0.0869. The van der Waals surface area contributed by atoms with Gasteiger partial charge in [0.05, 0.1) is 59.5 Å². The molecule has 1 amide bonds. The van der Waals surface area contributed by atoms with Gasteiger partial charge in [0.15, 0.2) is 12.6 Å². The number of hydrazine groups is 2. The third-order valence-corrected chi connectivity index (χ3v) is 18.8. The van der Waals surface area contributed by atoms with E-state index in [4.69, 9.17) is 33.2 Å². The average Bonchev–Trinajstić information content (AvgIpc) is 3.99. The van der Waals surface area contributed by atoms with E-state index in [-0.39, 0.29) is 42.7 Å². The molecule has 24 heteroatoms. The number of ether oxygens (including phenoxy) is 7. The molecule has 0 radical (unpaired) electrons. The maximum Gasteiger partial charge on any atom is 0.414 e. The van der Waals surface area contributed by atoms with Crippen molar-refractivity contribution in [1.82, 2.24) is 30.1 Å². The first-order chi connectivity index (χ1) is 36.3. The van der Waals surface area contributed by atoms with Gasteiger partial charge in [0.1, 0.15) is 36.1 Å². The summed E-state index contributed by atoms with van der Waals surface area (Å²) in [6.45, 7) is 19.1. The second kappa shape index (κ2) is 25.9. The van der Waals surface area contributed by atoms with Gasteiger partial charge in [-0.2, -0.15) is 0 Å². The summed E-state index contributed by atoms with van der Waals surface area (Å²) in [4.78, 5) is 33.0. The van der Waals surface area contributed by atoms with E-state index >= 15 is 0 Å². The summed E-state index contributed by atoms with van der Waals surface area (Å²) < 4.78 is 70.2. The lowest BCUT2D eigenvalue weighted by Crippen LogP contribution is -2.60. The topological polar surface area (TPSA) is 274 Å². The lowest BCUT2D eigenvalue weighted by atomic mass is 9.77. The number of sulfonamides is 1. The fourth-order valence-electron chi connectivity index (χ4n) is 12.0. The van der Waals surface area contributed by atoms with Crippen LogP contribution in [0.15, 0.2) is 41.1 Å². The number of carbonyl (C=O) groups is 2. The number of amides is 1. The number of allylic oxidation sites excluding steroid dienone is 1. The quantitative estimate of drug-likeness (QED) is 0.117. The number of hydrogen-bond donors (Lipinski definition) is 7. The van der Waals surface area contributed by atoms with Crippen LogP contribution in [-0.4, -0.2) is 223 Å². The molecular weight excluding hydrogens is 1030 g/mol. The van der Waals surface area contributed by atoms with Gasteiger partial charge in [0.25, 0.3) is 0 Å². The molecule has 0 unspecified atom stereocenters. The number of likely N-dealkylation sites (N-methyl/N-ethyl adjacent to an activating group) is 2. The van der Waals surface area contributed by atoms with Crippen LogP contribution in [0.2, 0.25) is 0 Å². The Balaban J connectivity index is 1.17. The van der Waals surface area contributed by atoms with Crippen molar-refractivity contribution < 1.29 is 76.7 Å². The predicted octanol–water partition coefficient (Wildman–Crippen LogP) is 2.49. The van der Waals surface area contributed by atoms with Crippen LogP contribution in [-0.2, 0) is 48.0 Å². The minimum Gasteiger partial charge on any atom is -0.459 e. The molecule has 7 N–H and O–H groups in total. The number of aliphatic hydroxyl groups excluding tert-OH is 3. The SMILES string of the molecule is CC[C@H]1OC(=O)[C@H](C)[C@@H](O[C@H]2C[C@@](C)(OC)[C@@H](O)[C@H](C)O2)[C@H](C)[C@@H](O[C@@H]2O[C@H](C)C[C@H](N(C)CCCC3=CN(C[C@H]4CN(c5ccc(S(=O)(=O)N(C)C)cc5)C(=O)O4)NN3)[C@H]2O)[C@](C)(O)C[C@@H](C)CN(C)[C@H](C)[C@@H](O)[C@]1(C)O. The standard InChI is InChI=1S/C54H93N7O16S/c1-16-42-54(10,68)46(63)35(6)59(14)27-31(2)25-52(8,67)48(33(4)45(34(5)49(65)75-42)76-43-26-53(9,71-15)47(64)36(7)73-43)77-50-44(62)41(24-32(3)72-50)58(13)23-17-18-37-28-60(56-55-37)29-39-30-61(51(66)74-39)38-19-21-40(22-20-38)78(69,70)57(11)12/h19-22,28,31-36,39,41-48,50,55-56,62-64,67-68H,16-18,23-27,29-30H2,1-15H3/t31-,32-,33+,34-,35-,36+,39+,41+,42-,43+,44-,45+,46-,47+,48-,50+,52-,53-,54-/m1/s1. The summed E-state index contributed by atoms with van der Waals surface area (Å²) in [7, 11) is 4.55. The summed E-state index contributed by atoms with van der Waals surface area (Å²) in [5, 5.41) is 61.6. The second-order valence-corrected chi connectivity index (χ2v) is 25.9. The van der Waals surface area contributed by atoms with E-state index in [1.54, 1.807) is 65.6 Å². The fraction of sp³-hybridized carbons (Fsp3) is 0.815. The zero-order chi connectivity index (χ0) is 58.0. The van der Waals surface area contributed by atoms with Crippen molar-refractivity contribution in [2.24, 2.45) is 17.8 Å². The number of cyclic esters (lactones) is 2. The Hall–Kier alpha value is -3.31. The number of carbonyl (C=O) groups excluding carboxylic acids is 2. The third-order valence-electron chi connectivity index (χ3n) is 16.9. The summed E-state index contributed by atoms with van der Waals surface area (Å²) >= 11 is 0. The highest BCUT2D eigenvalue weighted by atomic mass is 32.2. The molecule has 78 heavy (non-hydrogen) atoms. The second-order valence-electron chi connectivity index (χ2n) is 23.7. The van der Waals surface area contributed by atoms with Crippen LogP contribution in [0.1, 0.15) is 108 Å². The van der Waals surface area contributed by atoms with Crippen molar-refractivity contribution in [2.75, 3.05) is 66.4 Å². The van der Waals surface area contributed by atoms with E-state index in [0.29, 0.717) is 44.6 Å². The number of benzene rings is 1. The molecule has 446 valence electrons. The number of methoxy groups -OCH3 is 1. The summed E-state index contributed by atoms with van der Waals surface area (Å²) in [5.41, 5.74) is 3.16. The molecule has 5 aliphatic heterocycles. The first-order valence-electron chi connectivity index (χ1n) is 27.6. The third kappa shape index (κ3) is 14.5. The van der Waals surface area contributed by atoms with Gasteiger partial charge >= 0.3 is 12.1 Å². The van der Waals surface area contributed by atoms with Crippen LogP contribution in [0.3, 0.4) is 0 Å². The van der Waals surface area contributed by atoms with Crippen molar-refractivity contribution in [3.63, 3.8) is 0 Å². The molecule has 4 fully saturated rings. The van der Waals surface area contributed by atoms with Crippen LogP contribution in [0, 0.1) is 17.8 Å². The molecule has 23 nitrogen and oxygen atoms in total. The molecule has 4 saturated heterocycles. The fourth-order valence-corrected chi connectivity index (χ4v) is 12.9. The van der Waals surface area contributed by atoms with Crippen LogP contribution in [0.5, 0.6) is 0 Å². The maximum absolute atomic E-state index is 14.5. The van der Waals surface area contributed by atoms with Crippen molar-refractivity contribution >= 4 is 27.8 Å². The van der Waals surface area contributed by atoms with Gasteiger partial charge in [-0.05, 0) is 131 Å². The van der Waals surface area contributed by atoms with Gasteiger partial charge in [-0.15, -0.1) is 5.53 Å². The molecule has 1 aromatic carbocycles. The minimum atomic E-state index is -3.62. The first-order valence-corrected chi connectivity index (χ1v) is 29.1. The van der Waals surface area contributed by atoms with Crippen LogP contribution < -0.4 is 15.9 Å². The van der Waals surface area contributed by atoms with Crippen LogP contribution in [0.4, 0.5) is 10.5 Å². The molecule has 19 atom stereocenters. The number of anilines is 1. The Morgan fingerprint density at radius 2 is 1.56 bits per heavy atom. The molecule has 0 aliphatic carbocycles. The van der Waals surface area contributed by atoms with Crippen molar-refractivity contribution in [3.8, 4) is 0 Å². The molecule has 0 aromatic heterocycles. The van der Waals surface area contributed by atoms with E-state index in [0.717, 1.165) is 10.0 Å². The number of aliphatic hydroxyl groups is 5. The van der Waals surface area contributed by atoms with Crippen LogP contribution >= 0.6 is 0 Å². The predicted molar refractivity (Wildman–Crippen MR) is 288 cm³/mol. The Labute approximate surface area is 462 Å². The van der Waals surface area contributed by atoms with Crippen LogP contribution in [0.25, 0.3) is 0 Å². The first kappa shape index (κ1) is 63.9. The molecule has 5 heterocycles. The molecule has 5 aliphatic rings. The van der Waals surface area contributed by atoms with Gasteiger partial charge in [0, 0.05) is 69.8 Å². The lowest BCUT2D eigenvalue weighted by Gasteiger charge is -2.49. The zero-order valence-corrected chi connectivity index (χ0v) is 49.4. The Bertz CT molecular complexity index is 2300. The Morgan fingerprint density at radius 3 is 2.19 bits per heavy atom. The number of hydrogen-bond acceptors (Lipinski definition) is 21. The van der Waals surface area contributed by atoms with Gasteiger partial charge in [0.2, 0.25) is 10.0 Å². The molecular formula is C54H93N7O16S. The van der Waals surface area contributed by atoms with Crippen molar-refractivity contribution in [2.45, 2.75) is 209 Å². The van der Waals surface area contributed by atoms with Gasteiger partial charge < -0.3 is 73.9 Å². The molecule has 0 bridgehead atoms. The summed E-state index contributed by atoms with van der Waals surface area (Å²) in [6.07, 6.45) is -7.02. The Morgan fingerprint density at radius 1 is 0.897 bits per heavy atom. The number of nitrogens with one attached hydrogen (secondary N) is 2. The summed E-state index contributed by atoms with van der Waals surface area (Å²) in [5.74, 6) is -2.85. The van der Waals surface area contributed by atoms with E-state index in [9.17, 15) is 43.5 Å². The van der Waals surface area contributed by atoms with E-state index in [1.807, 2.05) is 39.0 Å². The highest BCUT2D eigenvalue weighted by Crippen LogP contribution is 2.40. The van der Waals surface area contributed by atoms with E-state index in [1.165, 1.54) is 45.2 Å².